The number of rotatable bonds is 0. The lowest BCUT2D eigenvalue weighted by atomic mass is 10.1. The van der Waals surface area contributed by atoms with Gasteiger partial charge in [-0.1, -0.05) is 6.08 Å². The molecular weight excluding hydrogens is 204 g/mol. The Labute approximate surface area is 76.8 Å². The Kier molecular flexibility index (Phi) is 1.77. The van der Waals surface area contributed by atoms with Crippen molar-refractivity contribution >= 4 is 0 Å². The van der Waals surface area contributed by atoms with Gasteiger partial charge >= 0.3 is 12.2 Å². The molecule has 1 radical (unpaired) electrons. The van der Waals surface area contributed by atoms with E-state index in [4.69, 9.17) is 0 Å². The molecule has 0 aromatic rings. The molecule has 0 bridgehead atoms. The predicted molar refractivity (Wildman–Crippen MR) is 37.1 cm³/mol. The summed E-state index contributed by atoms with van der Waals surface area (Å²) in [4.78, 5) is 0. The average Bonchev–Trinajstić information content (AvgIpc) is 2.05. The summed E-state index contributed by atoms with van der Waals surface area (Å²) in [6, 6.07) is 0. The van der Waals surface area contributed by atoms with Gasteiger partial charge in [-0.15, -0.1) is 0 Å². The molecular formula is C8H5F4O2. The van der Waals surface area contributed by atoms with E-state index in [2.05, 4.69) is 9.47 Å². The van der Waals surface area contributed by atoms with Gasteiger partial charge in [0.15, 0.2) is 5.76 Å². The van der Waals surface area contributed by atoms with Gasteiger partial charge < -0.3 is 9.47 Å². The molecule has 0 amide bonds. The van der Waals surface area contributed by atoms with Gasteiger partial charge in [-0.25, -0.2) is 0 Å². The molecule has 2 aliphatic rings. The van der Waals surface area contributed by atoms with Crippen molar-refractivity contribution in [1.29, 1.82) is 0 Å². The molecule has 0 fully saturated rings. The van der Waals surface area contributed by atoms with Crippen LogP contribution in [0.15, 0.2) is 23.7 Å². The van der Waals surface area contributed by atoms with Crippen molar-refractivity contribution in [2.45, 2.75) is 18.6 Å². The lowest BCUT2D eigenvalue weighted by Gasteiger charge is -2.33. The molecule has 0 aromatic carbocycles. The van der Waals surface area contributed by atoms with E-state index in [1.807, 2.05) is 0 Å². The first-order valence-electron chi connectivity index (χ1n) is 3.80. The SMILES string of the molecule is FC1(F)OC2=C(C=CC[CH]2)OC1(F)F. The van der Waals surface area contributed by atoms with Gasteiger partial charge in [-0.3, -0.25) is 0 Å². The Hall–Kier alpha value is -1.20. The summed E-state index contributed by atoms with van der Waals surface area (Å²) in [6.07, 6.45) is -4.96. The maximum absolute atomic E-state index is 12.6. The second-order valence-corrected chi connectivity index (χ2v) is 2.81. The lowest BCUT2D eigenvalue weighted by Crippen LogP contribution is -2.48. The van der Waals surface area contributed by atoms with Crippen molar-refractivity contribution < 1.29 is 27.0 Å². The highest BCUT2D eigenvalue weighted by Crippen LogP contribution is 2.45. The monoisotopic (exact) mass is 209 g/mol. The number of alkyl halides is 4. The van der Waals surface area contributed by atoms with Crippen molar-refractivity contribution in [2.24, 2.45) is 0 Å². The molecule has 0 unspecified atom stereocenters. The third-order valence-corrected chi connectivity index (χ3v) is 1.77. The number of ether oxygens (including phenoxy) is 2. The van der Waals surface area contributed by atoms with Crippen molar-refractivity contribution in [2.75, 3.05) is 0 Å². The van der Waals surface area contributed by atoms with Crippen LogP contribution in [0.3, 0.4) is 0 Å². The highest BCUT2D eigenvalue weighted by atomic mass is 19.3. The van der Waals surface area contributed by atoms with E-state index >= 15 is 0 Å². The fraction of sp³-hybridized carbons (Fsp3) is 0.375. The molecule has 77 valence electrons. The Morgan fingerprint density at radius 2 is 1.57 bits per heavy atom. The molecule has 6 heteroatoms. The minimum atomic E-state index is -4.62. The van der Waals surface area contributed by atoms with Gasteiger partial charge in [0.05, 0.1) is 0 Å². The van der Waals surface area contributed by atoms with Crippen molar-refractivity contribution in [3.05, 3.63) is 30.1 Å². The fourth-order valence-electron chi connectivity index (χ4n) is 1.10. The minimum Gasteiger partial charge on any atom is -0.425 e. The molecule has 0 aromatic heterocycles. The Morgan fingerprint density at radius 1 is 1.00 bits per heavy atom. The molecule has 14 heavy (non-hydrogen) atoms. The largest absolute Gasteiger partial charge is 0.507 e. The van der Waals surface area contributed by atoms with E-state index in [-0.39, 0.29) is 11.5 Å². The van der Waals surface area contributed by atoms with Gasteiger partial charge in [-0.05, 0) is 12.5 Å². The highest BCUT2D eigenvalue weighted by molar-refractivity contribution is 5.29. The average molecular weight is 209 g/mol. The van der Waals surface area contributed by atoms with Gasteiger partial charge in [0.2, 0.25) is 0 Å². The van der Waals surface area contributed by atoms with Gasteiger partial charge in [0.25, 0.3) is 0 Å². The maximum Gasteiger partial charge on any atom is 0.507 e. The van der Waals surface area contributed by atoms with E-state index in [1.165, 1.54) is 18.6 Å². The van der Waals surface area contributed by atoms with Crippen LogP contribution in [0, 0.1) is 6.42 Å². The Balaban J connectivity index is 2.35. The topological polar surface area (TPSA) is 18.5 Å². The zero-order valence-corrected chi connectivity index (χ0v) is 6.77. The van der Waals surface area contributed by atoms with E-state index in [0.717, 1.165) is 0 Å². The molecule has 0 saturated carbocycles. The van der Waals surface area contributed by atoms with Crippen LogP contribution in [-0.4, -0.2) is 12.2 Å². The summed E-state index contributed by atoms with van der Waals surface area (Å²) in [7, 11) is 0. The zero-order chi connectivity index (χ0) is 10.4. The summed E-state index contributed by atoms with van der Waals surface area (Å²) < 4.78 is 58.0. The molecule has 0 saturated heterocycles. The first-order chi connectivity index (χ1) is 6.42. The van der Waals surface area contributed by atoms with E-state index in [1.54, 1.807) is 0 Å². The Bertz CT molecular complexity index is 319. The van der Waals surface area contributed by atoms with E-state index in [9.17, 15) is 17.6 Å². The first-order valence-corrected chi connectivity index (χ1v) is 3.80. The van der Waals surface area contributed by atoms with Crippen LogP contribution in [-0.2, 0) is 9.47 Å². The third-order valence-electron chi connectivity index (χ3n) is 1.77. The van der Waals surface area contributed by atoms with Crippen LogP contribution in [0.2, 0.25) is 0 Å². The molecule has 0 N–H and O–H groups in total. The standard InChI is InChI=1S/C8H5F4O2/c9-7(10)8(11,12)14-6-4-2-1-3-5(6)13-7/h1,3-4H,2H2. The normalized spacial score (nSPS) is 27.7. The smallest absolute Gasteiger partial charge is 0.425 e. The van der Waals surface area contributed by atoms with E-state index in [0.29, 0.717) is 6.42 Å². The summed E-state index contributed by atoms with van der Waals surface area (Å²) in [5.74, 6) is -0.712. The number of halogens is 4. The summed E-state index contributed by atoms with van der Waals surface area (Å²) in [5.41, 5.74) is 0. The molecule has 2 nitrogen and oxygen atoms in total. The number of allylic oxidation sites excluding steroid dienone is 3. The van der Waals surface area contributed by atoms with Crippen molar-refractivity contribution in [3.8, 4) is 0 Å². The summed E-state index contributed by atoms with van der Waals surface area (Å²) in [6.45, 7) is 0. The summed E-state index contributed by atoms with van der Waals surface area (Å²) in [5, 5.41) is 0. The molecule has 0 atom stereocenters. The summed E-state index contributed by atoms with van der Waals surface area (Å²) >= 11 is 0. The molecule has 1 aliphatic carbocycles. The van der Waals surface area contributed by atoms with Crippen LogP contribution >= 0.6 is 0 Å². The molecule has 2 rings (SSSR count). The van der Waals surface area contributed by atoms with Crippen LogP contribution < -0.4 is 0 Å². The third kappa shape index (κ3) is 1.25. The zero-order valence-electron chi connectivity index (χ0n) is 6.77. The maximum atomic E-state index is 12.6. The first kappa shape index (κ1) is 9.36. The van der Waals surface area contributed by atoms with Gasteiger partial charge in [-0.2, -0.15) is 17.6 Å². The van der Waals surface area contributed by atoms with Gasteiger partial charge in [0.1, 0.15) is 5.76 Å². The molecule has 0 spiro atoms. The second kappa shape index (κ2) is 2.65. The fourth-order valence-corrected chi connectivity index (χ4v) is 1.10. The molecule has 1 aliphatic heterocycles. The van der Waals surface area contributed by atoms with Gasteiger partial charge in [0, 0.05) is 6.42 Å². The Morgan fingerprint density at radius 3 is 2.21 bits per heavy atom. The lowest BCUT2D eigenvalue weighted by molar-refractivity contribution is -0.425. The number of hydrogen-bond acceptors (Lipinski definition) is 2. The minimum absolute atomic E-state index is 0.344. The van der Waals surface area contributed by atoms with Crippen molar-refractivity contribution in [1.82, 2.24) is 0 Å². The van der Waals surface area contributed by atoms with E-state index < -0.39 is 12.2 Å². The van der Waals surface area contributed by atoms with Crippen molar-refractivity contribution in [3.63, 3.8) is 0 Å². The second-order valence-electron chi connectivity index (χ2n) is 2.81. The number of hydrogen-bond donors (Lipinski definition) is 0. The van der Waals surface area contributed by atoms with Crippen LogP contribution in [0.4, 0.5) is 17.6 Å². The quantitative estimate of drug-likeness (QED) is 0.571. The highest BCUT2D eigenvalue weighted by Gasteiger charge is 2.66. The van der Waals surface area contributed by atoms with Crippen LogP contribution in [0.25, 0.3) is 0 Å². The predicted octanol–water partition coefficient (Wildman–Crippen LogP) is 2.59. The van der Waals surface area contributed by atoms with Crippen LogP contribution in [0.1, 0.15) is 6.42 Å². The molecule has 1 heterocycles. The van der Waals surface area contributed by atoms with Crippen LogP contribution in [0.5, 0.6) is 0 Å².